The largest absolute Gasteiger partial charge is 0.367 e. The monoisotopic (exact) mass is 308 g/mol. The molecule has 1 aliphatic rings. The Morgan fingerprint density at radius 3 is 2.90 bits per heavy atom. The summed E-state index contributed by atoms with van der Waals surface area (Å²) >= 11 is 1.57. The third kappa shape index (κ3) is 2.86. The average Bonchev–Trinajstić information content (AvgIpc) is 3.19. The lowest BCUT2D eigenvalue weighted by molar-refractivity contribution is -0.0469. The quantitative estimate of drug-likeness (QED) is 0.882. The molecule has 0 spiro atoms. The molecule has 2 aromatic heterocycles. The van der Waals surface area contributed by atoms with Crippen LogP contribution < -0.4 is 5.73 Å². The fourth-order valence-corrected chi connectivity index (χ4v) is 3.60. The van der Waals surface area contributed by atoms with Crippen molar-refractivity contribution < 1.29 is 9.26 Å². The molecule has 114 valence electrons. The molecule has 0 bridgehead atoms. The van der Waals surface area contributed by atoms with Crippen molar-refractivity contribution in [3.05, 3.63) is 16.2 Å². The second-order valence-electron chi connectivity index (χ2n) is 5.22. The fourth-order valence-electron chi connectivity index (χ4n) is 2.81. The first-order valence-corrected chi connectivity index (χ1v) is 8.28. The number of nitrogens with zero attached hydrogens (tertiary/aromatic N) is 3. The summed E-state index contributed by atoms with van der Waals surface area (Å²) in [7, 11) is 0. The van der Waals surface area contributed by atoms with Gasteiger partial charge in [0.25, 0.3) is 5.89 Å². The average molecular weight is 308 g/mol. The minimum Gasteiger partial charge on any atom is -0.367 e. The van der Waals surface area contributed by atoms with Crippen molar-refractivity contribution in [1.29, 1.82) is 0 Å². The van der Waals surface area contributed by atoms with E-state index in [1.807, 2.05) is 12.3 Å². The maximum absolute atomic E-state index is 5.95. The lowest BCUT2D eigenvalue weighted by atomic mass is 10.0. The van der Waals surface area contributed by atoms with E-state index in [4.69, 9.17) is 15.0 Å². The fraction of sp³-hybridized carbons (Fsp3) is 0.643. The predicted octanol–water partition coefficient (Wildman–Crippen LogP) is 2.50. The Balaban J connectivity index is 1.84. The minimum absolute atomic E-state index is 0.368. The van der Waals surface area contributed by atoms with Crippen LogP contribution in [0.25, 0.3) is 11.6 Å². The molecule has 2 heterocycles. The van der Waals surface area contributed by atoms with Crippen LogP contribution in [0.4, 0.5) is 0 Å². The maximum Gasteiger partial charge on any atom is 0.277 e. The molecule has 1 aliphatic carbocycles. The van der Waals surface area contributed by atoms with Crippen LogP contribution in [-0.2, 0) is 16.8 Å². The van der Waals surface area contributed by atoms with E-state index in [1.165, 1.54) is 0 Å². The molecule has 7 heteroatoms. The van der Waals surface area contributed by atoms with Gasteiger partial charge >= 0.3 is 0 Å². The van der Waals surface area contributed by atoms with Gasteiger partial charge in [0.2, 0.25) is 5.82 Å². The zero-order valence-corrected chi connectivity index (χ0v) is 13.0. The molecule has 21 heavy (non-hydrogen) atoms. The third-order valence-corrected chi connectivity index (χ3v) is 4.70. The third-order valence-electron chi connectivity index (χ3n) is 3.79. The summed E-state index contributed by atoms with van der Waals surface area (Å²) in [5.74, 6) is 1.13. The van der Waals surface area contributed by atoms with Crippen LogP contribution in [0.5, 0.6) is 0 Å². The molecule has 3 rings (SSSR count). The van der Waals surface area contributed by atoms with E-state index >= 15 is 0 Å². The number of hydrogen-bond donors (Lipinski definition) is 1. The first kappa shape index (κ1) is 14.6. The second kappa shape index (κ2) is 6.21. The molecule has 0 aromatic carbocycles. The van der Waals surface area contributed by atoms with Gasteiger partial charge in [-0.3, -0.25) is 0 Å². The highest BCUT2D eigenvalue weighted by atomic mass is 32.1. The number of nitrogens with two attached hydrogens (primary N) is 1. The predicted molar refractivity (Wildman–Crippen MR) is 79.9 cm³/mol. The van der Waals surface area contributed by atoms with Crippen molar-refractivity contribution >= 4 is 11.3 Å². The van der Waals surface area contributed by atoms with Crippen LogP contribution in [0.1, 0.15) is 43.4 Å². The molecule has 1 saturated carbocycles. The van der Waals surface area contributed by atoms with Crippen LogP contribution in [-0.4, -0.2) is 28.3 Å². The number of ether oxygens (including phenoxy) is 1. The lowest BCUT2D eigenvalue weighted by Crippen LogP contribution is -2.27. The van der Waals surface area contributed by atoms with Gasteiger partial charge in [0.05, 0.1) is 5.01 Å². The summed E-state index contributed by atoms with van der Waals surface area (Å²) in [4.78, 5) is 9.02. The molecule has 0 amide bonds. The van der Waals surface area contributed by atoms with E-state index in [0.717, 1.165) is 42.8 Å². The smallest absolute Gasteiger partial charge is 0.277 e. The van der Waals surface area contributed by atoms with Gasteiger partial charge in [0.1, 0.15) is 11.3 Å². The van der Waals surface area contributed by atoms with Crippen LogP contribution >= 0.6 is 11.3 Å². The second-order valence-corrected chi connectivity index (χ2v) is 6.17. The molecule has 0 saturated heterocycles. The highest BCUT2D eigenvalue weighted by Gasteiger charge is 2.41. The van der Waals surface area contributed by atoms with Gasteiger partial charge in [-0.2, -0.15) is 4.98 Å². The summed E-state index contributed by atoms with van der Waals surface area (Å²) < 4.78 is 11.3. The number of hydrogen-bond acceptors (Lipinski definition) is 7. The van der Waals surface area contributed by atoms with Gasteiger partial charge in [-0.05, 0) is 39.2 Å². The van der Waals surface area contributed by atoms with Crippen molar-refractivity contribution in [3.63, 3.8) is 0 Å². The van der Waals surface area contributed by atoms with Crippen molar-refractivity contribution in [2.75, 3.05) is 13.2 Å². The summed E-state index contributed by atoms with van der Waals surface area (Å²) in [5.41, 5.74) is 5.90. The van der Waals surface area contributed by atoms with E-state index in [9.17, 15) is 0 Å². The zero-order valence-electron chi connectivity index (χ0n) is 12.2. The van der Waals surface area contributed by atoms with Gasteiger partial charge in [-0.25, -0.2) is 4.98 Å². The molecule has 0 atom stereocenters. The van der Waals surface area contributed by atoms with Crippen LogP contribution in [0.15, 0.2) is 9.90 Å². The molecule has 0 aliphatic heterocycles. The Labute approximate surface area is 127 Å². The summed E-state index contributed by atoms with van der Waals surface area (Å²) in [6.45, 7) is 3.25. The lowest BCUT2D eigenvalue weighted by Gasteiger charge is -2.24. The molecule has 6 nitrogen and oxygen atoms in total. The Morgan fingerprint density at radius 1 is 1.38 bits per heavy atom. The number of rotatable bonds is 6. The molecular weight excluding hydrogens is 288 g/mol. The summed E-state index contributed by atoms with van der Waals surface area (Å²) in [6.07, 6.45) is 4.96. The van der Waals surface area contributed by atoms with Gasteiger partial charge in [-0.15, -0.1) is 11.3 Å². The molecular formula is C14H20N4O2S. The normalized spacial score (nSPS) is 17.4. The molecule has 0 unspecified atom stereocenters. The topological polar surface area (TPSA) is 87.1 Å². The van der Waals surface area contributed by atoms with E-state index < -0.39 is 0 Å². The Bertz CT molecular complexity index is 589. The molecule has 0 radical (unpaired) electrons. The van der Waals surface area contributed by atoms with Gasteiger partial charge in [0, 0.05) is 18.4 Å². The van der Waals surface area contributed by atoms with Crippen LogP contribution in [0.3, 0.4) is 0 Å². The molecule has 1 fully saturated rings. The van der Waals surface area contributed by atoms with E-state index in [1.54, 1.807) is 11.3 Å². The highest BCUT2D eigenvalue weighted by Crippen LogP contribution is 2.41. The van der Waals surface area contributed by atoms with E-state index in [-0.39, 0.29) is 5.60 Å². The highest BCUT2D eigenvalue weighted by molar-refractivity contribution is 7.09. The van der Waals surface area contributed by atoms with Crippen molar-refractivity contribution in [2.45, 2.75) is 44.6 Å². The standard InChI is InChI=1S/C14H20N4O2S/c1-2-19-14(6-3-4-7-14)13-17-12(20-18-13)10-9-21-11(16-10)5-8-15/h9H,2-8,15H2,1H3. The van der Waals surface area contributed by atoms with Crippen molar-refractivity contribution in [3.8, 4) is 11.6 Å². The SMILES string of the molecule is CCOC1(c2noc(-c3csc(CCN)n3)n2)CCCC1. The van der Waals surface area contributed by atoms with Gasteiger partial charge in [0.15, 0.2) is 0 Å². The van der Waals surface area contributed by atoms with Crippen molar-refractivity contribution in [1.82, 2.24) is 15.1 Å². The minimum atomic E-state index is -0.368. The van der Waals surface area contributed by atoms with Crippen LogP contribution in [0.2, 0.25) is 0 Å². The molecule has 2 N–H and O–H groups in total. The van der Waals surface area contributed by atoms with Crippen molar-refractivity contribution in [2.24, 2.45) is 5.73 Å². The zero-order chi connectivity index (χ0) is 14.7. The van der Waals surface area contributed by atoms with Gasteiger partial charge in [-0.1, -0.05) is 5.16 Å². The summed E-state index contributed by atoms with van der Waals surface area (Å²) in [5, 5.41) is 7.08. The first-order chi connectivity index (χ1) is 10.3. The Kier molecular flexibility index (Phi) is 4.32. The number of thiazole rings is 1. The summed E-state index contributed by atoms with van der Waals surface area (Å²) in [6, 6.07) is 0. The maximum atomic E-state index is 5.95. The van der Waals surface area contributed by atoms with Gasteiger partial charge < -0.3 is 15.0 Å². The Hall–Kier alpha value is -1.31. The first-order valence-electron chi connectivity index (χ1n) is 7.40. The van der Waals surface area contributed by atoms with Crippen LogP contribution in [0, 0.1) is 0 Å². The van der Waals surface area contributed by atoms with E-state index in [0.29, 0.717) is 24.9 Å². The van der Waals surface area contributed by atoms with E-state index in [2.05, 4.69) is 15.1 Å². The molecule has 2 aromatic rings. The number of aromatic nitrogens is 3. The Morgan fingerprint density at radius 2 is 2.19 bits per heavy atom.